The lowest BCUT2D eigenvalue weighted by Gasteiger charge is -2.06. The number of hydrogen-bond donors (Lipinski definition) is 1. The maximum atomic E-state index is 5.80. The number of aromatic nitrogens is 3. The van der Waals surface area contributed by atoms with Crippen molar-refractivity contribution < 1.29 is 0 Å². The Balaban J connectivity index is 2.41. The van der Waals surface area contributed by atoms with Crippen molar-refractivity contribution in [1.82, 2.24) is 14.8 Å². The summed E-state index contributed by atoms with van der Waals surface area (Å²) in [5.41, 5.74) is 6.85. The molecular formula is C10H11BrN4. The molecule has 0 fully saturated rings. The van der Waals surface area contributed by atoms with E-state index in [1.807, 2.05) is 25.3 Å². The summed E-state index contributed by atoms with van der Waals surface area (Å²) in [5, 5.41) is 4.15. The summed E-state index contributed by atoms with van der Waals surface area (Å²) in [6.45, 7) is 1.94. The quantitative estimate of drug-likeness (QED) is 0.905. The minimum atomic E-state index is 0.00533. The highest BCUT2D eigenvalue weighted by atomic mass is 79.9. The van der Waals surface area contributed by atoms with Crippen LogP contribution in [0.25, 0.3) is 5.82 Å². The van der Waals surface area contributed by atoms with E-state index in [0.717, 1.165) is 15.9 Å². The van der Waals surface area contributed by atoms with Crippen molar-refractivity contribution >= 4 is 15.9 Å². The fourth-order valence-corrected chi connectivity index (χ4v) is 1.55. The lowest BCUT2D eigenvalue weighted by atomic mass is 10.1. The van der Waals surface area contributed by atoms with Gasteiger partial charge in [-0.2, -0.15) is 5.10 Å². The summed E-state index contributed by atoms with van der Waals surface area (Å²) in [7, 11) is 0. The first kappa shape index (κ1) is 10.3. The third-order valence-electron chi connectivity index (χ3n) is 2.08. The van der Waals surface area contributed by atoms with Gasteiger partial charge in [0.1, 0.15) is 0 Å². The van der Waals surface area contributed by atoms with E-state index in [1.165, 1.54) is 0 Å². The summed E-state index contributed by atoms with van der Waals surface area (Å²) in [6.07, 6.45) is 5.32. The summed E-state index contributed by atoms with van der Waals surface area (Å²) >= 11 is 3.34. The number of nitrogens with zero attached hydrogens (tertiary/aromatic N) is 3. The smallest absolute Gasteiger partial charge is 0.153 e. The number of rotatable bonds is 2. The van der Waals surface area contributed by atoms with E-state index >= 15 is 0 Å². The highest BCUT2D eigenvalue weighted by Gasteiger charge is 2.04. The van der Waals surface area contributed by atoms with Crippen molar-refractivity contribution in [3.63, 3.8) is 0 Å². The molecular weight excluding hydrogens is 256 g/mol. The van der Waals surface area contributed by atoms with E-state index in [9.17, 15) is 0 Å². The minimum absolute atomic E-state index is 0.00533. The molecule has 0 saturated heterocycles. The van der Waals surface area contributed by atoms with Crippen LogP contribution < -0.4 is 5.73 Å². The van der Waals surface area contributed by atoms with Crippen molar-refractivity contribution in [2.75, 3.05) is 0 Å². The third-order valence-corrected chi connectivity index (χ3v) is 2.49. The number of hydrogen-bond acceptors (Lipinski definition) is 3. The van der Waals surface area contributed by atoms with Crippen molar-refractivity contribution in [2.45, 2.75) is 13.0 Å². The Morgan fingerprint density at radius 3 is 2.93 bits per heavy atom. The Hall–Kier alpha value is -1.20. The topological polar surface area (TPSA) is 56.7 Å². The minimum Gasteiger partial charge on any atom is -0.324 e. The maximum absolute atomic E-state index is 5.80. The zero-order valence-electron chi connectivity index (χ0n) is 8.26. The molecule has 0 spiro atoms. The van der Waals surface area contributed by atoms with Crippen LogP contribution in [0.2, 0.25) is 0 Å². The van der Waals surface area contributed by atoms with E-state index in [1.54, 1.807) is 17.1 Å². The Kier molecular flexibility index (Phi) is 2.83. The Labute approximate surface area is 96.3 Å². The molecule has 0 aliphatic heterocycles. The van der Waals surface area contributed by atoms with Gasteiger partial charge in [-0.15, -0.1) is 0 Å². The summed E-state index contributed by atoms with van der Waals surface area (Å²) in [4.78, 5) is 4.23. The van der Waals surface area contributed by atoms with Crippen LogP contribution in [-0.4, -0.2) is 14.8 Å². The van der Waals surface area contributed by atoms with Crippen molar-refractivity contribution in [2.24, 2.45) is 5.73 Å². The molecule has 0 aliphatic carbocycles. The van der Waals surface area contributed by atoms with E-state index in [4.69, 9.17) is 5.73 Å². The molecule has 78 valence electrons. The molecule has 0 aromatic carbocycles. The van der Waals surface area contributed by atoms with Crippen LogP contribution in [0.1, 0.15) is 18.5 Å². The van der Waals surface area contributed by atoms with Crippen LogP contribution >= 0.6 is 15.9 Å². The zero-order valence-corrected chi connectivity index (χ0v) is 9.85. The van der Waals surface area contributed by atoms with Gasteiger partial charge in [0.05, 0.1) is 10.7 Å². The predicted molar refractivity (Wildman–Crippen MR) is 61.7 cm³/mol. The Morgan fingerprint density at radius 1 is 1.53 bits per heavy atom. The molecule has 2 aromatic heterocycles. The average Bonchev–Trinajstić information content (AvgIpc) is 2.65. The zero-order chi connectivity index (χ0) is 10.8. The van der Waals surface area contributed by atoms with Gasteiger partial charge in [-0.05, 0) is 40.5 Å². The third kappa shape index (κ3) is 2.24. The lowest BCUT2D eigenvalue weighted by Crippen LogP contribution is -2.07. The molecule has 2 aromatic rings. The van der Waals surface area contributed by atoms with E-state index in [2.05, 4.69) is 26.0 Å². The van der Waals surface area contributed by atoms with Gasteiger partial charge < -0.3 is 5.73 Å². The first-order valence-corrected chi connectivity index (χ1v) is 5.38. The molecule has 0 radical (unpaired) electrons. The van der Waals surface area contributed by atoms with Crippen LogP contribution in [0.15, 0.2) is 35.2 Å². The lowest BCUT2D eigenvalue weighted by molar-refractivity contribution is 0.796. The molecule has 0 bridgehead atoms. The van der Waals surface area contributed by atoms with Crippen LogP contribution in [-0.2, 0) is 0 Å². The molecule has 2 heterocycles. The second-order valence-electron chi connectivity index (χ2n) is 3.34. The molecule has 0 amide bonds. The van der Waals surface area contributed by atoms with Crippen molar-refractivity contribution in [3.05, 3.63) is 40.8 Å². The monoisotopic (exact) mass is 266 g/mol. The maximum Gasteiger partial charge on any atom is 0.153 e. The summed E-state index contributed by atoms with van der Waals surface area (Å²) < 4.78 is 2.63. The SMILES string of the molecule is CC(N)c1ccnc(-n2cc(Br)cn2)c1. The number of nitrogens with two attached hydrogens (primary N) is 1. The van der Waals surface area contributed by atoms with Gasteiger partial charge in [0.2, 0.25) is 0 Å². The molecule has 1 atom stereocenters. The molecule has 5 heteroatoms. The average molecular weight is 267 g/mol. The number of pyridine rings is 1. The molecule has 15 heavy (non-hydrogen) atoms. The van der Waals surface area contributed by atoms with E-state index in [-0.39, 0.29) is 6.04 Å². The first-order valence-electron chi connectivity index (χ1n) is 4.59. The van der Waals surface area contributed by atoms with Gasteiger partial charge in [-0.3, -0.25) is 0 Å². The van der Waals surface area contributed by atoms with Crippen molar-refractivity contribution in [1.29, 1.82) is 0 Å². The second-order valence-corrected chi connectivity index (χ2v) is 4.25. The molecule has 0 aliphatic rings. The van der Waals surface area contributed by atoms with Gasteiger partial charge in [-0.1, -0.05) is 0 Å². The highest BCUT2D eigenvalue weighted by molar-refractivity contribution is 9.10. The molecule has 2 N–H and O–H groups in total. The van der Waals surface area contributed by atoms with Gasteiger partial charge in [0.15, 0.2) is 5.82 Å². The van der Waals surface area contributed by atoms with Crippen LogP contribution in [0, 0.1) is 0 Å². The fourth-order valence-electron chi connectivity index (χ4n) is 1.27. The Bertz CT molecular complexity index is 464. The first-order chi connectivity index (χ1) is 7.16. The van der Waals surface area contributed by atoms with Gasteiger partial charge in [0.25, 0.3) is 0 Å². The van der Waals surface area contributed by atoms with Crippen LogP contribution in [0.4, 0.5) is 0 Å². The molecule has 0 saturated carbocycles. The molecule has 1 unspecified atom stereocenters. The standard InChI is InChI=1S/C10H11BrN4/c1-7(12)8-2-3-13-10(4-8)15-6-9(11)5-14-15/h2-7H,12H2,1H3. The summed E-state index contributed by atoms with van der Waals surface area (Å²) in [6, 6.07) is 3.85. The van der Waals surface area contributed by atoms with Gasteiger partial charge in [-0.25, -0.2) is 9.67 Å². The number of halogens is 1. The summed E-state index contributed by atoms with van der Waals surface area (Å²) in [5.74, 6) is 0.774. The van der Waals surface area contributed by atoms with E-state index < -0.39 is 0 Å². The van der Waals surface area contributed by atoms with Gasteiger partial charge >= 0.3 is 0 Å². The fraction of sp³-hybridized carbons (Fsp3) is 0.200. The molecule has 2 rings (SSSR count). The predicted octanol–water partition coefficient (Wildman–Crippen LogP) is 2.05. The second kappa shape index (κ2) is 4.12. The molecule has 4 nitrogen and oxygen atoms in total. The largest absolute Gasteiger partial charge is 0.324 e. The van der Waals surface area contributed by atoms with E-state index in [0.29, 0.717) is 0 Å². The Morgan fingerprint density at radius 2 is 2.33 bits per heavy atom. The van der Waals surface area contributed by atoms with Gasteiger partial charge in [0, 0.05) is 18.4 Å². The van der Waals surface area contributed by atoms with Crippen LogP contribution in [0.5, 0.6) is 0 Å². The highest BCUT2D eigenvalue weighted by Crippen LogP contribution is 2.14. The van der Waals surface area contributed by atoms with Crippen LogP contribution in [0.3, 0.4) is 0 Å². The normalized spacial score (nSPS) is 12.7. The van der Waals surface area contributed by atoms with Crippen molar-refractivity contribution in [3.8, 4) is 5.82 Å².